The van der Waals surface area contributed by atoms with Crippen LogP contribution in [0.4, 0.5) is 0 Å². The Morgan fingerprint density at radius 1 is 1.00 bits per heavy atom. The van der Waals surface area contributed by atoms with E-state index < -0.39 is 0 Å². The summed E-state index contributed by atoms with van der Waals surface area (Å²) in [6, 6.07) is 13.2. The van der Waals surface area contributed by atoms with E-state index >= 15 is 0 Å². The van der Waals surface area contributed by atoms with E-state index in [0.29, 0.717) is 0 Å². The first-order valence-electron chi connectivity index (χ1n) is 5.54. The molecule has 0 aliphatic heterocycles. The molecule has 1 aliphatic rings. The van der Waals surface area contributed by atoms with Gasteiger partial charge in [-0.3, -0.25) is 0 Å². The molecule has 0 unspecified atom stereocenters. The topological polar surface area (TPSA) is 0 Å². The van der Waals surface area contributed by atoms with Gasteiger partial charge in [0.05, 0.1) is 0 Å². The van der Waals surface area contributed by atoms with E-state index in [2.05, 4.69) is 49.4 Å². The van der Waals surface area contributed by atoms with Gasteiger partial charge in [0.2, 0.25) is 0 Å². The fraction of sp³-hybridized carbons (Fsp3) is 0.200. The molecular formula is C15H14. The van der Waals surface area contributed by atoms with Gasteiger partial charge in [0.15, 0.2) is 0 Å². The average molecular weight is 194 g/mol. The average Bonchev–Trinajstić information content (AvgIpc) is 2.29. The van der Waals surface area contributed by atoms with E-state index in [-0.39, 0.29) is 0 Å². The maximum Gasteiger partial charge on any atom is -0.0146 e. The normalized spacial score (nSPS) is 14.9. The van der Waals surface area contributed by atoms with Crippen molar-refractivity contribution in [1.82, 2.24) is 0 Å². The Balaban J connectivity index is 2.39. The lowest BCUT2D eigenvalue weighted by atomic mass is 9.88. The van der Waals surface area contributed by atoms with Crippen LogP contribution in [-0.4, -0.2) is 0 Å². The zero-order valence-electron chi connectivity index (χ0n) is 8.96. The highest BCUT2D eigenvalue weighted by Gasteiger charge is 2.11. The monoisotopic (exact) mass is 194 g/mol. The Morgan fingerprint density at radius 3 is 2.80 bits per heavy atom. The molecule has 2 aromatic rings. The molecule has 3 rings (SSSR count). The van der Waals surface area contributed by atoms with E-state index in [4.69, 9.17) is 0 Å². The number of fused-ring (bicyclic) bond motifs is 3. The quantitative estimate of drug-likeness (QED) is 0.590. The van der Waals surface area contributed by atoms with E-state index in [1.165, 1.54) is 40.3 Å². The zero-order valence-corrected chi connectivity index (χ0v) is 8.96. The summed E-state index contributed by atoms with van der Waals surface area (Å²) in [7, 11) is 0. The third kappa shape index (κ3) is 1.29. The molecule has 0 spiro atoms. The van der Waals surface area contributed by atoms with E-state index in [1.807, 2.05) is 0 Å². The first kappa shape index (κ1) is 8.72. The number of rotatable bonds is 0. The Labute approximate surface area is 90.2 Å². The van der Waals surface area contributed by atoms with Crippen LogP contribution in [0.15, 0.2) is 42.5 Å². The molecule has 0 bridgehead atoms. The maximum atomic E-state index is 2.34. The molecule has 0 heteroatoms. The third-order valence-electron chi connectivity index (χ3n) is 3.31. The molecule has 0 saturated heterocycles. The Bertz CT molecular complexity index is 547. The van der Waals surface area contributed by atoms with Gasteiger partial charge in [0, 0.05) is 0 Å². The molecular weight excluding hydrogens is 180 g/mol. The van der Waals surface area contributed by atoms with Crippen LogP contribution in [0.25, 0.3) is 16.3 Å². The molecule has 15 heavy (non-hydrogen) atoms. The van der Waals surface area contributed by atoms with E-state index in [1.54, 1.807) is 0 Å². The molecule has 74 valence electrons. The lowest BCUT2D eigenvalue weighted by molar-refractivity contribution is 0.987. The number of allylic oxidation sites excluding steroid dienone is 2. The van der Waals surface area contributed by atoms with E-state index in [0.717, 1.165) is 0 Å². The largest absolute Gasteiger partial charge is 0.0807 e. The number of aryl methyl sites for hydroxylation is 1. The summed E-state index contributed by atoms with van der Waals surface area (Å²) in [4.78, 5) is 0. The molecule has 0 aromatic heterocycles. The summed E-state index contributed by atoms with van der Waals surface area (Å²) in [6.45, 7) is 2.22. The predicted octanol–water partition coefficient (Wildman–Crippen LogP) is 4.19. The lowest BCUT2D eigenvalue weighted by Gasteiger charge is -2.17. The lowest BCUT2D eigenvalue weighted by Crippen LogP contribution is -1.98. The Morgan fingerprint density at radius 2 is 1.87 bits per heavy atom. The van der Waals surface area contributed by atoms with Crippen LogP contribution in [0.5, 0.6) is 0 Å². The van der Waals surface area contributed by atoms with Crippen molar-refractivity contribution < 1.29 is 0 Å². The van der Waals surface area contributed by atoms with Crippen molar-refractivity contribution >= 4 is 16.3 Å². The summed E-state index contributed by atoms with van der Waals surface area (Å²) in [5.41, 5.74) is 4.41. The van der Waals surface area contributed by atoms with Gasteiger partial charge >= 0.3 is 0 Å². The Hall–Kier alpha value is -1.56. The summed E-state index contributed by atoms with van der Waals surface area (Å²) in [5, 5.41) is 2.80. The van der Waals surface area contributed by atoms with Gasteiger partial charge in [0.1, 0.15) is 0 Å². The summed E-state index contributed by atoms with van der Waals surface area (Å²) < 4.78 is 0. The number of hydrogen-bond acceptors (Lipinski definition) is 0. The van der Waals surface area contributed by atoms with Crippen LogP contribution >= 0.6 is 0 Å². The predicted molar refractivity (Wildman–Crippen MR) is 65.9 cm³/mol. The van der Waals surface area contributed by atoms with Gasteiger partial charge < -0.3 is 0 Å². The number of benzene rings is 2. The molecule has 0 amide bonds. The number of hydrogen-bond donors (Lipinski definition) is 0. The third-order valence-corrected chi connectivity index (χ3v) is 3.31. The fourth-order valence-electron chi connectivity index (χ4n) is 2.52. The minimum atomic E-state index is 1.19. The van der Waals surface area contributed by atoms with Crippen molar-refractivity contribution in [3.63, 3.8) is 0 Å². The second kappa shape index (κ2) is 3.23. The van der Waals surface area contributed by atoms with Crippen LogP contribution in [0.2, 0.25) is 0 Å². The molecule has 1 aliphatic carbocycles. The van der Waals surface area contributed by atoms with Crippen LogP contribution in [0, 0.1) is 0 Å². The van der Waals surface area contributed by atoms with Crippen LogP contribution in [0.3, 0.4) is 0 Å². The standard InChI is InChI=1S/C15H14/c1-11-5-4-8-15-13(11)10-9-12-6-2-3-7-14(12)15/h2-3,5-7,9-10H,4,8H2,1H3. The highest BCUT2D eigenvalue weighted by Crippen LogP contribution is 2.31. The smallest absolute Gasteiger partial charge is 0.0146 e. The van der Waals surface area contributed by atoms with Crippen molar-refractivity contribution in [2.75, 3.05) is 0 Å². The van der Waals surface area contributed by atoms with Gasteiger partial charge in [-0.1, -0.05) is 42.5 Å². The van der Waals surface area contributed by atoms with Gasteiger partial charge in [0.25, 0.3) is 0 Å². The SMILES string of the molecule is CC1=CCCc2c1ccc1ccccc21. The molecule has 0 saturated carbocycles. The van der Waals surface area contributed by atoms with Crippen LogP contribution < -0.4 is 0 Å². The molecule has 2 aromatic carbocycles. The van der Waals surface area contributed by atoms with E-state index in [9.17, 15) is 0 Å². The molecule has 0 nitrogen and oxygen atoms in total. The Kier molecular flexibility index (Phi) is 1.88. The minimum absolute atomic E-state index is 1.19. The van der Waals surface area contributed by atoms with Gasteiger partial charge in [-0.25, -0.2) is 0 Å². The van der Waals surface area contributed by atoms with Crippen molar-refractivity contribution in [1.29, 1.82) is 0 Å². The first-order valence-corrected chi connectivity index (χ1v) is 5.54. The van der Waals surface area contributed by atoms with Crippen LogP contribution in [0.1, 0.15) is 24.5 Å². The van der Waals surface area contributed by atoms with Crippen LogP contribution in [-0.2, 0) is 6.42 Å². The highest BCUT2D eigenvalue weighted by atomic mass is 14.2. The highest BCUT2D eigenvalue weighted by molar-refractivity contribution is 5.90. The molecule has 0 fully saturated rings. The van der Waals surface area contributed by atoms with Crippen molar-refractivity contribution in [3.8, 4) is 0 Å². The second-order valence-corrected chi connectivity index (χ2v) is 4.24. The molecule has 0 atom stereocenters. The maximum absolute atomic E-state index is 2.34. The summed E-state index contributed by atoms with van der Waals surface area (Å²) >= 11 is 0. The minimum Gasteiger partial charge on any atom is -0.0807 e. The first-order chi connectivity index (χ1) is 7.36. The molecule has 0 radical (unpaired) electrons. The summed E-state index contributed by atoms with van der Waals surface area (Å²) in [6.07, 6.45) is 4.72. The van der Waals surface area contributed by atoms with Crippen molar-refractivity contribution in [2.24, 2.45) is 0 Å². The fourth-order valence-corrected chi connectivity index (χ4v) is 2.52. The van der Waals surface area contributed by atoms with Crippen molar-refractivity contribution in [2.45, 2.75) is 19.8 Å². The van der Waals surface area contributed by atoms with Crippen molar-refractivity contribution in [3.05, 3.63) is 53.6 Å². The molecule has 0 N–H and O–H groups in total. The summed E-state index contributed by atoms with van der Waals surface area (Å²) in [5.74, 6) is 0. The van der Waals surface area contributed by atoms with Gasteiger partial charge in [-0.2, -0.15) is 0 Å². The zero-order chi connectivity index (χ0) is 10.3. The second-order valence-electron chi connectivity index (χ2n) is 4.24. The molecule has 0 heterocycles. The van der Waals surface area contributed by atoms with Gasteiger partial charge in [-0.15, -0.1) is 0 Å². The van der Waals surface area contributed by atoms with Gasteiger partial charge in [-0.05, 0) is 47.2 Å².